The number of hydrogen-bond acceptors (Lipinski definition) is 3. The van der Waals surface area contributed by atoms with Crippen LogP contribution in [0.4, 0.5) is 4.79 Å². The maximum absolute atomic E-state index is 12.1. The van der Waals surface area contributed by atoms with Gasteiger partial charge in [0, 0.05) is 19.6 Å². The van der Waals surface area contributed by atoms with Gasteiger partial charge in [0.15, 0.2) is 0 Å². The molecule has 5 nitrogen and oxygen atoms in total. The van der Waals surface area contributed by atoms with Crippen LogP contribution >= 0.6 is 0 Å². The molecule has 0 aromatic heterocycles. The molecule has 0 radical (unpaired) electrons. The first-order valence-corrected chi connectivity index (χ1v) is 10.5. The first-order chi connectivity index (χ1) is 14.2. The van der Waals surface area contributed by atoms with Crippen LogP contribution in [0.1, 0.15) is 51.7 Å². The number of nitrogens with one attached hydrogen (secondary N) is 1. The summed E-state index contributed by atoms with van der Waals surface area (Å²) in [7, 11) is 0. The molecule has 1 fully saturated rings. The third-order valence-corrected chi connectivity index (χ3v) is 5.22. The molecule has 0 aliphatic carbocycles. The second kappa shape index (κ2) is 10.8. The van der Waals surface area contributed by atoms with Crippen molar-refractivity contribution in [2.45, 2.75) is 58.1 Å². The van der Waals surface area contributed by atoms with Crippen LogP contribution < -0.4 is 5.32 Å². The number of piperidine rings is 1. The van der Waals surface area contributed by atoms with E-state index in [1.165, 1.54) is 5.56 Å². The Labute approximate surface area is 180 Å². The van der Waals surface area contributed by atoms with Crippen LogP contribution in [0, 0.1) is 0 Å². The van der Waals surface area contributed by atoms with E-state index in [0.717, 1.165) is 31.5 Å². The lowest BCUT2D eigenvalue weighted by Crippen LogP contribution is -2.45. The molecular formula is C25H34N2O3. The van der Waals surface area contributed by atoms with Crippen LogP contribution in [-0.4, -0.2) is 36.1 Å². The Bertz CT molecular complexity index is 777. The highest BCUT2D eigenvalue weighted by Crippen LogP contribution is 2.35. The van der Waals surface area contributed by atoms with Gasteiger partial charge in [-0.3, -0.25) is 4.79 Å². The number of carbonyl (C=O) groups excluding carboxylic acids is 2. The molecule has 1 aliphatic heterocycles. The van der Waals surface area contributed by atoms with E-state index in [9.17, 15) is 9.59 Å². The fraction of sp³-hybridized carbons (Fsp3) is 0.440. The van der Waals surface area contributed by atoms with Crippen molar-refractivity contribution in [3.63, 3.8) is 0 Å². The topological polar surface area (TPSA) is 58.6 Å². The van der Waals surface area contributed by atoms with E-state index in [4.69, 9.17) is 4.74 Å². The van der Waals surface area contributed by atoms with Crippen molar-refractivity contribution in [1.82, 2.24) is 10.2 Å². The highest BCUT2D eigenvalue weighted by Gasteiger charge is 2.34. The first kappa shape index (κ1) is 23.5. The van der Waals surface area contributed by atoms with Crippen LogP contribution in [0.2, 0.25) is 0 Å². The zero-order valence-corrected chi connectivity index (χ0v) is 18.6. The van der Waals surface area contributed by atoms with E-state index in [-0.39, 0.29) is 11.5 Å². The van der Waals surface area contributed by atoms with Gasteiger partial charge in [0.1, 0.15) is 5.60 Å². The second-order valence-electron chi connectivity index (χ2n) is 8.88. The van der Waals surface area contributed by atoms with Gasteiger partial charge in [-0.25, -0.2) is 4.79 Å². The molecule has 1 heterocycles. The largest absolute Gasteiger partial charge is 0.444 e. The molecule has 0 bridgehead atoms. The average molecular weight is 411 g/mol. The van der Waals surface area contributed by atoms with Crippen LogP contribution in [0.25, 0.3) is 0 Å². The molecule has 162 valence electrons. The van der Waals surface area contributed by atoms with Gasteiger partial charge < -0.3 is 15.0 Å². The lowest BCUT2D eigenvalue weighted by molar-refractivity contribution is -0.109. The summed E-state index contributed by atoms with van der Waals surface area (Å²) in [5.74, 6) is 0. The number of ether oxygens (including phenoxy) is 1. The SMILES string of the molecule is CC(C)(C)OC(=O)N1CCC(C)(c2ccccc2)CC1.O=CNCc1ccccc1. The van der Waals surface area contributed by atoms with E-state index in [1.807, 2.05) is 62.1 Å². The minimum atomic E-state index is -0.419. The molecular weight excluding hydrogens is 376 g/mol. The van der Waals surface area contributed by atoms with Gasteiger partial charge in [-0.1, -0.05) is 67.6 Å². The summed E-state index contributed by atoms with van der Waals surface area (Å²) in [5, 5.41) is 2.58. The van der Waals surface area contributed by atoms with Crippen LogP contribution in [0.3, 0.4) is 0 Å². The molecule has 0 unspecified atom stereocenters. The normalized spacial score (nSPS) is 15.4. The molecule has 1 saturated heterocycles. The molecule has 0 atom stereocenters. The van der Waals surface area contributed by atoms with E-state index < -0.39 is 5.60 Å². The first-order valence-electron chi connectivity index (χ1n) is 10.5. The van der Waals surface area contributed by atoms with Gasteiger partial charge in [0.2, 0.25) is 6.41 Å². The third kappa shape index (κ3) is 7.54. The van der Waals surface area contributed by atoms with Crippen molar-refractivity contribution in [3.8, 4) is 0 Å². The molecule has 1 aliphatic rings. The number of amides is 2. The Morgan fingerprint density at radius 1 is 1.03 bits per heavy atom. The Morgan fingerprint density at radius 2 is 1.57 bits per heavy atom. The zero-order chi connectivity index (χ0) is 22.0. The van der Waals surface area contributed by atoms with Gasteiger partial charge in [0.25, 0.3) is 0 Å². The van der Waals surface area contributed by atoms with Crippen molar-refractivity contribution in [3.05, 3.63) is 71.8 Å². The number of carbonyl (C=O) groups is 2. The Balaban J connectivity index is 0.000000269. The zero-order valence-electron chi connectivity index (χ0n) is 18.6. The summed E-state index contributed by atoms with van der Waals surface area (Å²) in [4.78, 5) is 23.8. The summed E-state index contributed by atoms with van der Waals surface area (Å²) < 4.78 is 5.44. The predicted molar refractivity (Wildman–Crippen MR) is 120 cm³/mol. The molecule has 0 saturated carbocycles. The maximum atomic E-state index is 12.1. The monoisotopic (exact) mass is 410 g/mol. The lowest BCUT2D eigenvalue weighted by Gasteiger charge is -2.40. The fourth-order valence-electron chi connectivity index (χ4n) is 3.39. The quantitative estimate of drug-likeness (QED) is 0.729. The van der Waals surface area contributed by atoms with E-state index >= 15 is 0 Å². The molecule has 2 aromatic carbocycles. The second-order valence-corrected chi connectivity index (χ2v) is 8.88. The number of rotatable bonds is 4. The van der Waals surface area contributed by atoms with E-state index in [0.29, 0.717) is 13.0 Å². The molecule has 1 N–H and O–H groups in total. The van der Waals surface area contributed by atoms with Gasteiger partial charge in [0.05, 0.1) is 0 Å². The Hall–Kier alpha value is -2.82. The van der Waals surface area contributed by atoms with Crippen LogP contribution in [0.5, 0.6) is 0 Å². The number of likely N-dealkylation sites (tertiary alicyclic amines) is 1. The number of benzene rings is 2. The van der Waals surface area contributed by atoms with Gasteiger partial charge in [-0.15, -0.1) is 0 Å². The lowest BCUT2D eigenvalue weighted by atomic mass is 9.75. The van der Waals surface area contributed by atoms with Crippen LogP contribution in [0.15, 0.2) is 60.7 Å². The molecule has 0 spiro atoms. The predicted octanol–water partition coefficient (Wildman–Crippen LogP) is 4.91. The summed E-state index contributed by atoms with van der Waals surface area (Å²) >= 11 is 0. The smallest absolute Gasteiger partial charge is 0.410 e. The van der Waals surface area contributed by atoms with Gasteiger partial charge in [-0.05, 0) is 50.2 Å². The summed E-state index contributed by atoms with van der Waals surface area (Å²) in [5.41, 5.74) is 2.23. The molecule has 30 heavy (non-hydrogen) atoms. The molecule has 2 aromatic rings. The summed E-state index contributed by atoms with van der Waals surface area (Å²) in [6.07, 6.45) is 2.48. The van der Waals surface area contributed by atoms with Crippen molar-refractivity contribution in [2.24, 2.45) is 0 Å². The highest BCUT2D eigenvalue weighted by molar-refractivity contribution is 5.68. The molecule has 3 rings (SSSR count). The van der Waals surface area contributed by atoms with Gasteiger partial charge in [-0.2, -0.15) is 0 Å². The molecule has 2 amide bonds. The van der Waals surface area contributed by atoms with Crippen molar-refractivity contribution < 1.29 is 14.3 Å². The number of nitrogens with zero attached hydrogens (tertiary/aromatic N) is 1. The van der Waals surface area contributed by atoms with Crippen molar-refractivity contribution in [2.75, 3.05) is 13.1 Å². The standard InChI is InChI=1S/C17H25NO2.C8H9NO/c1-16(2,3)20-15(19)18-12-10-17(4,11-13-18)14-8-6-5-7-9-14;10-7-9-6-8-4-2-1-3-5-8/h5-9H,10-13H2,1-4H3;1-5,7H,6H2,(H,9,10). The van der Waals surface area contributed by atoms with Crippen molar-refractivity contribution >= 4 is 12.5 Å². The highest BCUT2D eigenvalue weighted by atomic mass is 16.6. The van der Waals surface area contributed by atoms with E-state index in [1.54, 1.807) is 0 Å². The fourth-order valence-corrected chi connectivity index (χ4v) is 3.39. The number of hydrogen-bond donors (Lipinski definition) is 1. The minimum Gasteiger partial charge on any atom is -0.444 e. The Kier molecular flexibility index (Phi) is 8.46. The molecule has 5 heteroatoms. The van der Waals surface area contributed by atoms with Crippen molar-refractivity contribution in [1.29, 1.82) is 0 Å². The summed E-state index contributed by atoms with van der Waals surface area (Å²) in [6.45, 7) is 10.1. The third-order valence-electron chi connectivity index (χ3n) is 5.22. The Morgan fingerprint density at radius 3 is 2.07 bits per heavy atom. The average Bonchev–Trinajstić information content (AvgIpc) is 2.73. The summed E-state index contributed by atoms with van der Waals surface area (Å²) in [6, 6.07) is 20.4. The maximum Gasteiger partial charge on any atom is 0.410 e. The minimum absolute atomic E-state index is 0.166. The van der Waals surface area contributed by atoms with Crippen LogP contribution in [-0.2, 0) is 21.5 Å². The van der Waals surface area contributed by atoms with Gasteiger partial charge >= 0.3 is 6.09 Å². The van der Waals surface area contributed by atoms with E-state index in [2.05, 4.69) is 36.5 Å².